The average Bonchev–Trinajstić information content (AvgIpc) is 3.40. The molecule has 2 aliphatic heterocycles. The molecule has 3 fully saturated rings. The van der Waals surface area contributed by atoms with E-state index in [1.54, 1.807) is 12.7 Å². The van der Waals surface area contributed by atoms with Gasteiger partial charge in [0.1, 0.15) is 11.8 Å². The third kappa shape index (κ3) is 3.05. The van der Waals surface area contributed by atoms with Crippen molar-refractivity contribution in [2.24, 2.45) is 5.92 Å². The Kier molecular flexibility index (Phi) is 4.03. The molecule has 144 valence electrons. The molecule has 3 aliphatic rings. The van der Waals surface area contributed by atoms with Crippen LogP contribution in [0.1, 0.15) is 32.1 Å². The summed E-state index contributed by atoms with van der Waals surface area (Å²) in [6.07, 6.45) is 8.43. The van der Waals surface area contributed by atoms with Crippen molar-refractivity contribution in [2.75, 3.05) is 44.7 Å². The molecular weight excluding hydrogens is 342 g/mol. The van der Waals surface area contributed by atoms with Crippen LogP contribution in [0.15, 0.2) is 12.7 Å². The molecule has 2 aromatic heterocycles. The number of likely N-dealkylation sites (tertiary alicyclic amines) is 1. The molecule has 0 aromatic carbocycles. The lowest BCUT2D eigenvalue weighted by atomic mass is 9.86. The lowest BCUT2D eigenvalue weighted by Gasteiger charge is -2.49. The summed E-state index contributed by atoms with van der Waals surface area (Å²) >= 11 is 0. The van der Waals surface area contributed by atoms with E-state index in [2.05, 4.69) is 41.7 Å². The van der Waals surface area contributed by atoms with Crippen molar-refractivity contribution in [1.29, 1.82) is 0 Å². The Bertz CT molecular complexity index is 847. The summed E-state index contributed by atoms with van der Waals surface area (Å²) in [6.45, 7) is 4.61. The van der Waals surface area contributed by atoms with E-state index in [1.807, 2.05) is 0 Å². The number of hydrogen-bond acceptors (Lipinski definition) is 6. The second-order valence-corrected chi connectivity index (χ2v) is 8.40. The van der Waals surface area contributed by atoms with Crippen LogP contribution >= 0.6 is 0 Å². The molecule has 8 nitrogen and oxygen atoms in total. The van der Waals surface area contributed by atoms with Crippen molar-refractivity contribution in [3.05, 3.63) is 12.7 Å². The Morgan fingerprint density at radius 2 is 2.07 bits per heavy atom. The molecule has 0 radical (unpaired) electrons. The number of piperazine rings is 1. The molecule has 0 bridgehead atoms. The van der Waals surface area contributed by atoms with E-state index < -0.39 is 0 Å². The summed E-state index contributed by atoms with van der Waals surface area (Å²) in [5.41, 5.74) is 1.63. The lowest BCUT2D eigenvalue weighted by Crippen LogP contribution is -2.61. The topological polar surface area (TPSA) is 81.2 Å². The molecule has 1 saturated carbocycles. The predicted octanol–water partition coefficient (Wildman–Crippen LogP) is 1.27. The number of fused-ring (bicyclic) bond motifs is 1. The van der Waals surface area contributed by atoms with Gasteiger partial charge >= 0.3 is 0 Å². The molecule has 1 N–H and O–H groups in total. The maximum Gasteiger partial charge on any atom is 0.222 e. The third-order valence-electron chi connectivity index (χ3n) is 6.68. The minimum absolute atomic E-state index is 0.0174. The van der Waals surface area contributed by atoms with Gasteiger partial charge < -0.3 is 14.8 Å². The standard InChI is InChI=1S/C19H27N7O/c1-24-8-9-26(18-16-17(21-12-20-16)22-13-23-18)11-19(24)5-4-15(27)25(7-6-19)10-14-2-3-14/h12-14H,2-11H2,1H3,(H,20,21,22,23). The molecule has 1 atom stereocenters. The van der Waals surface area contributed by atoms with Crippen LogP contribution in [0.25, 0.3) is 11.2 Å². The fourth-order valence-corrected chi connectivity index (χ4v) is 4.67. The molecule has 8 heteroatoms. The minimum atomic E-state index is 0.0174. The first-order valence-corrected chi connectivity index (χ1v) is 10.0. The van der Waals surface area contributed by atoms with Gasteiger partial charge in [0.2, 0.25) is 5.91 Å². The predicted molar refractivity (Wildman–Crippen MR) is 102 cm³/mol. The van der Waals surface area contributed by atoms with E-state index in [-0.39, 0.29) is 5.54 Å². The third-order valence-corrected chi connectivity index (χ3v) is 6.68. The zero-order valence-corrected chi connectivity index (χ0v) is 15.9. The number of aromatic nitrogens is 4. The number of amides is 1. The highest BCUT2D eigenvalue weighted by molar-refractivity contribution is 5.82. The smallest absolute Gasteiger partial charge is 0.222 e. The van der Waals surface area contributed by atoms with Gasteiger partial charge in [-0.2, -0.15) is 0 Å². The first-order chi connectivity index (χ1) is 13.1. The number of nitrogens with one attached hydrogen (secondary N) is 1. The van der Waals surface area contributed by atoms with Gasteiger partial charge in [-0.1, -0.05) is 0 Å². The van der Waals surface area contributed by atoms with E-state index in [0.717, 1.165) is 62.8 Å². The Hall–Kier alpha value is -2.22. The van der Waals surface area contributed by atoms with Crippen molar-refractivity contribution in [2.45, 2.75) is 37.6 Å². The van der Waals surface area contributed by atoms with Gasteiger partial charge in [-0.25, -0.2) is 15.0 Å². The van der Waals surface area contributed by atoms with Crippen LogP contribution in [-0.4, -0.2) is 81.0 Å². The van der Waals surface area contributed by atoms with Crippen LogP contribution in [0.5, 0.6) is 0 Å². The number of rotatable bonds is 3. The highest BCUT2D eigenvalue weighted by atomic mass is 16.2. The lowest BCUT2D eigenvalue weighted by molar-refractivity contribution is -0.130. The maximum atomic E-state index is 12.7. The van der Waals surface area contributed by atoms with Crippen LogP contribution in [-0.2, 0) is 4.79 Å². The van der Waals surface area contributed by atoms with Gasteiger partial charge in [0.25, 0.3) is 0 Å². The van der Waals surface area contributed by atoms with Crippen molar-refractivity contribution >= 4 is 22.9 Å². The quantitative estimate of drug-likeness (QED) is 0.877. The number of nitrogens with zero attached hydrogens (tertiary/aromatic N) is 6. The molecule has 2 aromatic rings. The molecule has 27 heavy (non-hydrogen) atoms. The van der Waals surface area contributed by atoms with E-state index in [4.69, 9.17) is 0 Å². The summed E-state index contributed by atoms with van der Waals surface area (Å²) < 4.78 is 0. The number of carbonyl (C=O) groups is 1. The normalized spacial score (nSPS) is 27.5. The largest absolute Gasteiger partial charge is 0.352 e. The van der Waals surface area contributed by atoms with Gasteiger partial charge in [-0.05, 0) is 38.6 Å². The molecule has 1 spiro atoms. The Balaban J connectivity index is 1.39. The molecule has 5 rings (SSSR count). The average molecular weight is 369 g/mol. The van der Waals surface area contributed by atoms with Gasteiger partial charge in [0, 0.05) is 44.7 Å². The molecular formula is C19H27N7O. The van der Waals surface area contributed by atoms with Gasteiger partial charge in [-0.15, -0.1) is 0 Å². The number of likely N-dealkylation sites (N-methyl/N-ethyl adjacent to an activating group) is 1. The van der Waals surface area contributed by atoms with Crippen LogP contribution < -0.4 is 4.90 Å². The number of carbonyl (C=O) groups excluding carboxylic acids is 1. The van der Waals surface area contributed by atoms with E-state index in [9.17, 15) is 4.79 Å². The van der Waals surface area contributed by atoms with Crippen LogP contribution in [0.4, 0.5) is 5.82 Å². The van der Waals surface area contributed by atoms with Crippen molar-refractivity contribution in [1.82, 2.24) is 29.7 Å². The van der Waals surface area contributed by atoms with E-state index >= 15 is 0 Å². The fourth-order valence-electron chi connectivity index (χ4n) is 4.67. The first-order valence-electron chi connectivity index (χ1n) is 10.0. The second kappa shape index (κ2) is 6.44. The number of hydrogen-bond donors (Lipinski definition) is 1. The molecule has 1 amide bonds. The SMILES string of the molecule is CN1CCN(c2ncnc3nc[nH]c23)CC12CCC(=O)N(CC1CC1)CC2. The zero-order valence-electron chi connectivity index (χ0n) is 15.9. The first kappa shape index (κ1) is 16.9. The summed E-state index contributed by atoms with van der Waals surface area (Å²) in [5.74, 6) is 2.01. The zero-order chi connectivity index (χ0) is 18.4. The summed E-state index contributed by atoms with van der Waals surface area (Å²) in [4.78, 5) is 35.9. The molecule has 2 saturated heterocycles. The van der Waals surface area contributed by atoms with Crippen molar-refractivity contribution in [3.63, 3.8) is 0 Å². The number of H-pyrrole nitrogens is 1. The van der Waals surface area contributed by atoms with Crippen molar-refractivity contribution < 1.29 is 4.79 Å². The van der Waals surface area contributed by atoms with Crippen LogP contribution in [0.3, 0.4) is 0 Å². The Labute approximate surface area is 159 Å². The summed E-state index contributed by atoms with van der Waals surface area (Å²) in [5, 5.41) is 0. The molecule has 1 unspecified atom stereocenters. The van der Waals surface area contributed by atoms with Crippen molar-refractivity contribution in [3.8, 4) is 0 Å². The molecule has 4 heterocycles. The highest BCUT2D eigenvalue weighted by Gasteiger charge is 2.43. The number of anilines is 1. The monoisotopic (exact) mass is 369 g/mol. The second-order valence-electron chi connectivity index (χ2n) is 8.40. The fraction of sp³-hybridized carbons (Fsp3) is 0.684. The molecule has 1 aliphatic carbocycles. The number of aromatic amines is 1. The Morgan fingerprint density at radius 3 is 2.93 bits per heavy atom. The summed E-state index contributed by atoms with van der Waals surface area (Å²) in [7, 11) is 2.21. The van der Waals surface area contributed by atoms with Crippen LogP contribution in [0.2, 0.25) is 0 Å². The Morgan fingerprint density at radius 1 is 1.19 bits per heavy atom. The van der Waals surface area contributed by atoms with Gasteiger partial charge in [0.05, 0.1) is 6.33 Å². The van der Waals surface area contributed by atoms with E-state index in [0.29, 0.717) is 18.0 Å². The van der Waals surface area contributed by atoms with E-state index in [1.165, 1.54) is 12.8 Å². The number of imidazole rings is 1. The maximum absolute atomic E-state index is 12.7. The van der Waals surface area contributed by atoms with Gasteiger partial charge in [-0.3, -0.25) is 9.69 Å². The minimum Gasteiger partial charge on any atom is -0.352 e. The van der Waals surface area contributed by atoms with Crippen LogP contribution in [0, 0.1) is 5.92 Å². The highest BCUT2D eigenvalue weighted by Crippen LogP contribution is 2.36. The van der Waals surface area contributed by atoms with Gasteiger partial charge in [0.15, 0.2) is 11.5 Å². The summed E-state index contributed by atoms with van der Waals surface area (Å²) in [6, 6.07) is 0.